The van der Waals surface area contributed by atoms with Gasteiger partial charge in [-0.15, -0.1) is 12.6 Å². The molecule has 0 aliphatic heterocycles. The lowest BCUT2D eigenvalue weighted by Crippen LogP contribution is -2.14. The first-order valence-corrected chi connectivity index (χ1v) is 6.49. The molecule has 17 heavy (non-hydrogen) atoms. The Bertz CT molecular complexity index is 384. The normalized spacial score (nSPS) is 10.6. The number of rotatable bonds is 5. The molecule has 94 valence electrons. The summed E-state index contributed by atoms with van der Waals surface area (Å²) in [6, 6.07) is 5.51. The molecule has 0 saturated heterocycles. The van der Waals surface area contributed by atoms with Gasteiger partial charge in [-0.1, -0.05) is 32.8 Å². The van der Waals surface area contributed by atoms with Gasteiger partial charge in [-0.25, -0.2) is 4.79 Å². The van der Waals surface area contributed by atoms with Crippen molar-refractivity contribution in [3.05, 3.63) is 29.3 Å². The average Bonchev–Trinajstić information content (AvgIpc) is 2.33. The van der Waals surface area contributed by atoms with E-state index in [2.05, 4.69) is 26.5 Å². The molecule has 0 unspecified atom stereocenters. The van der Waals surface area contributed by atoms with Gasteiger partial charge in [0, 0.05) is 4.90 Å². The quantitative estimate of drug-likeness (QED) is 0.636. The van der Waals surface area contributed by atoms with Crippen LogP contribution >= 0.6 is 12.6 Å². The van der Waals surface area contributed by atoms with Crippen molar-refractivity contribution in [2.45, 2.75) is 38.5 Å². The summed E-state index contributed by atoms with van der Waals surface area (Å²) in [5.74, 6) is 0.212. The van der Waals surface area contributed by atoms with Crippen molar-refractivity contribution in [1.29, 1.82) is 0 Å². The minimum absolute atomic E-state index is 0.245. The number of carbonyl (C=O) groups excluding carboxylic acids is 1. The summed E-state index contributed by atoms with van der Waals surface area (Å²) >= 11 is 4.23. The third kappa shape index (κ3) is 4.08. The lowest BCUT2D eigenvalue weighted by atomic mass is 10.1. The smallest absolute Gasteiger partial charge is 0.338 e. The number of hydrogen-bond acceptors (Lipinski definition) is 3. The lowest BCUT2D eigenvalue weighted by molar-refractivity contribution is 0.0432. The summed E-state index contributed by atoms with van der Waals surface area (Å²) in [7, 11) is 0. The minimum atomic E-state index is -0.245. The molecule has 0 radical (unpaired) electrons. The fourth-order valence-corrected chi connectivity index (χ4v) is 1.83. The van der Waals surface area contributed by atoms with Gasteiger partial charge in [0.15, 0.2) is 0 Å². The maximum absolute atomic E-state index is 11.9. The molecule has 0 aliphatic rings. The van der Waals surface area contributed by atoms with Crippen LogP contribution in [0.25, 0.3) is 0 Å². The van der Waals surface area contributed by atoms with E-state index in [4.69, 9.17) is 4.74 Å². The van der Waals surface area contributed by atoms with E-state index in [1.165, 1.54) is 0 Å². The summed E-state index contributed by atoms with van der Waals surface area (Å²) in [5, 5.41) is 0. The second-order valence-corrected chi connectivity index (χ2v) is 4.80. The second-order valence-electron chi connectivity index (χ2n) is 4.28. The van der Waals surface area contributed by atoms with Crippen LogP contribution in [0.15, 0.2) is 23.1 Å². The predicted molar refractivity (Wildman–Crippen MR) is 72.8 cm³/mol. The van der Waals surface area contributed by atoms with Crippen molar-refractivity contribution in [3.63, 3.8) is 0 Å². The molecule has 2 nitrogen and oxygen atoms in total. The highest BCUT2D eigenvalue weighted by Gasteiger charge is 2.13. The summed E-state index contributed by atoms with van der Waals surface area (Å²) < 4.78 is 5.33. The molecule has 0 spiro atoms. The standard InChI is InChI=1S/C14H20O2S/c1-4-11(5-2)9-16-14(15)13-8-12(17)7-6-10(13)3/h6-8,11,17H,4-5,9H2,1-3H3. The van der Waals surface area contributed by atoms with Crippen molar-refractivity contribution >= 4 is 18.6 Å². The highest BCUT2D eigenvalue weighted by atomic mass is 32.1. The third-order valence-electron chi connectivity index (χ3n) is 3.05. The van der Waals surface area contributed by atoms with Gasteiger partial charge in [-0.05, 0) is 30.5 Å². The summed E-state index contributed by atoms with van der Waals surface area (Å²) in [5.41, 5.74) is 1.54. The van der Waals surface area contributed by atoms with Crippen LogP contribution in [-0.2, 0) is 4.74 Å². The van der Waals surface area contributed by atoms with Gasteiger partial charge in [-0.2, -0.15) is 0 Å². The van der Waals surface area contributed by atoms with Crippen LogP contribution in [0.2, 0.25) is 0 Å². The number of benzene rings is 1. The van der Waals surface area contributed by atoms with E-state index in [-0.39, 0.29) is 5.97 Å². The SMILES string of the molecule is CCC(CC)COC(=O)c1cc(S)ccc1C. The van der Waals surface area contributed by atoms with Gasteiger partial charge in [0.25, 0.3) is 0 Å². The van der Waals surface area contributed by atoms with E-state index in [1.54, 1.807) is 6.07 Å². The van der Waals surface area contributed by atoms with Gasteiger partial charge in [0.2, 0.25) is 0 Å². The molecule has 0 bridgehead atoms. The predicted octanol–water partition coefficient (Wildman–Crippen LogP) is 3.88. The number of carbonyl (C=O) groups is 1. The van der Waals surface area contributed by atoms with Gasteiger partial charge < -0.3 is 4.74 Å². The lowest BCUT2D eigenvalue weighted by Gasteiger charge is -2.13. The van der Waals surface area contributed by atoms with E-state index < -0.39 is 0 Å². The second kappa shape index (κ2) is 6.70. The van der Waals surface area contributed by atoms with Gasteiger partial charge >= 0.3 is 5.97 Å². The van der Waals surface area contributed by atoms with Crippen LogP contribution in [-0.4, -0.2) is 12.6 Å². The topological polar surface area (TPSA) is 26.3 Å². The van der Waals surface area contributed by atoms with Crippen molar-refractivity contribution < 1.29 is 9.53 Å². The average molecular weight is 252 g/mol. The fourth-order valence-electron chi connectivity index (χ4n) is 1.63. The molecule has 0 N–H and O–H groups in total. The molecule has 1 aromatic rings. The first kappa shape index (κ1) is 14.1. The molecule has 0 aromatic heterocycles. The molecule has 0 aliphatic carbocycles. The summed E-state index contributed by atoms with van der Waals surface area (Å²) in [6.45, 7) is 6.63. The van der Waals surface area contributed by atoms with Crippen LogP contribution < -0.4 is 0 Å². The molecular formula is C14H20O2S. The summed E-state index contributed by atoms with van der Waals surface area (Å²) in [6.07, 6.45) is 2.07. The van der Waals surface area contributed by atoms with E-state index in [1.807, 2.05) is 19.1 Å². The van der Waals surface area contributed by atoms with Crippen LogP contribution in [0.4, 0.5) is 0 Å². The number of aryl methyl sites for hydroxylation is 1. The Kier molecular flexibility index (Phi) is 5.56. The third-order valence-corrected chi connectivity index (χ3v) is 3.32. The van der Waals surface area contributed by atoms with Crippen LogP contribution in [0, 0.1) is 12.8 Å². The fraction of sp³-hybridized carbons (Fsp3) is 0.500. The molecule has 0 heterocycles. The molecule has 0 saturated carbocycles. The van der Waals surface area contributed by atoms with E-state index in [9.17, 15) is 4.79 Å². The van der Waals surface area contributed by atoms with Crippen molar-refractivity contribution in [2.24, 2.45) is 5.92 Å². The first-order valence-electron chi connectivity index (χ1n) is 6.05. The Morgan fingerprint density at radius 2 is 2.00 bits per heavy atom. The maximum Gasteiger partial charge on any atom is 0.338 e. The van der Waals surface area contributed by atoms with Gasteiger partial charge in [0.05, 0.1) is 12.2 Å². The Balaban J connectivity index is 2.66. The Labute approximate surface area is 109 Å². The first-order chi connectivity index (χ1) is 8.08. The molecule has 3 heteroatoms. The van der Waals surface area contributed by atoms with Gasteiger partial charge in [-0.3, -0.25) is 0 Å². The molecule has 0 amide bonds. The Morgan fingerprint density at radius 1 is 1.35 bits per heavy atom. The minimum Gasteiger partial charge on any atom is -0.462 e. The highest BCUT2D eigenvalue weighted by molar-refractivity contribution is 7.80. The highest BCUT2D eigenvalue weighted by Crippen LogP contribution is 2.16. The number of thiol groups is 1. The monoisotopic (exact) mass is 252 g/mol. The zero-order valence-corrected chi connectivity index (χ0v) is 11.6. The molecule has 1 rings (SSSR count). The number of hydrogen-bond donors (Lipinski definition) is 1. The van der Waals surface area contributed by atoms with Crippen molar-refractivity contribution in [1.82, 2.24) is 0 Å². The van der Waals surface area contributed by atoms with Crippen molar-refractivity contribution in [3.8, 4) is 0 Å². The number of esters is 1. The van der Waals surface area contributed by atoms with Crippen molar-refractivity contribution in [2.75, 3.05) is 6.61 Å². The molecule has 0 atom stereocenters. The largest absolute Gasteiger partial charge is 0.462 e. The summed E-state index contributed by atoms with van der Waals surface area (Å²) in [4.78, 5) is 12.7. The molecule has 1 aromatic carbocycles. The Hall–Kier alpha value is -0.960. The Morgan fingerprint density at radius 3 is 2.59 bits per heavy atom. The zero-order valence-electron chi connectivity index (χ0n) is 10.7. The van der Waals surface area contributed by atoms with E-state index in [0.717, 1.165) is 23.3 Å². The molecule has 0 fully saturated rings. The number of ether oxygens (including phenoxy) is 1. The zero-order chi connectivity index (χ0) is 12.8. The maximum atomic E-state index is 11.9. The van der Waals surface area contributed by atoms with Crippen LogP contribution in [0.3, 0.4) is 0 Å². The van der Waals surface area contributed by atoms with Crippen LogP contribution in [0.1, 0.15) is 42.6 Å². The van der Waals surface area contributed by atoms with Gasteiger partial charge in [0.1, 0.15) is 0 Å². The van der Waals surface area contributed by atoms with E-state index >= 15 is 0 Å². The molecular weight excluding hydrogens is 232 g/mol. The van der Waals surface area contributed by atoms with E-state index in [0.29, 0.717) is 18.1 Å². The van der Waals surface area contributed by atoms with Crippen LogP contribution in [0.5, 0.6) is 0 Å².